The Hall–Kier alpha value is -13.9. The van der Waals surface area contributed by atoms with Crippen molar-refractivity contribution in [3.63, 3.8) is 0 Å². The molecule has 0 bridgehead atoms. The summed E-state index contributed by atoms with van der Waals surface area (Å²) in [5, 5.41) is 1.86. The first-order chi connectivity index (χ1) is 51.5. The molecule has 0 fully saturated rings. The van der Waals surface area contributed by atoms with E-state index in [2.05, 4.69) is 352 Å². The van der Waals surface area contributed by atoms with E-state index >= 15 is 0 Å². The Morgan fingerprint density at radius 1 is 0.154 bits per heavy atom. The Kier molecular flexibility index (Phi) is 15.5. The van der Waals surface area contributed by atoms with Crippen LogP contribution in [0, 0.1) is 0 Å². The first kappa shape index (κ1) is 61.2. The van der Waals surface area contributed by atoms with Crippen LogP contribution in [-0.4, -0.2) is 19.9 Å². The van der Waals surface area contributed by atoms with Gasteiger partial charge in [-0.2, -0.15) is 0 Å². The van der Waals surface area contributed by atoms with Crippen molar-refractivity contribution in [2.45, 2.75) is 0 Å². The number of hydrogen-bond donors (Lipinski definition) is 0. The fourth-order valence-electron chi connectivity index (χ4n) is 14.6. The zero-order chi connectivity index (χ0) is 68.9. The van der Waals surface area contributed by atoms with Crippen molar-refractivity contribution in [1.29, 1.82) is 0 Å². The molecule has 0 radical (unpaired) electrons. The summed E-state index contributed by atoms with van der Waals surface area (Å²) in [7, 11) is 0. The second-order valence-corrected chi connectivity index (χ2v) is 26.5. The Morgan fingerprint density at radius 2 is 0.394 bits per heavy atom. The molecule has 0 atom stereocenters. The fraction of sp³-hybridized carbons (Fsp3) is 0. The highest BCUT2D eigenvalue weighted by Crippen LogP contribution is 2.43. The molecule has 104 heavy (non-hydrogen) atoms. The van der Waals surface area contributed by atoms with E-state index in [0.29, 0.717) is 22.8 Å². The summed E-state index contributed by atoms with van der Waals surface area (Å²) in [6.45, 7) is 0. The van der Waals surface area contributed by atoms with Gasteiger partial charge in [-0.25, -0.2) is 19.9 Å². The first-order valence-electron chi connectivity index (χ1n) is 35.1. The zero-order valence-electron chi connectivity index (χ0n) is 56.4. The Balaban J connectivity index is 0.627. The first-order valence-corrected chi connectivity index (χ1v) is 35.1. The molecular formula is C98H62N4O2. The number of furan rings is 2. The van der Waals surface area contributed by atoms with Gasteiger partial charge in [-0.15, -0.1) is 0 Å². The highest BCUT2D eigenvalue weighted by Gasteiger charge is 2.23. The van der Waals surface area contributed by atoms with E-state index in [0.717, 1.165) is 161 Å². The minimum Gasteiger partial charge on any atom is -0.452 e. The molecule has 6 heteroatoms. The Morgan fingerprint density at radius 3 is 0.788 bits per heavy atom. The lowest BCUT2D eigenvalue weighted by molar-refractivity contribution is 0.667. The average molecular weight is 1330 g/mol. The standard InChI is InChI=1S/C98H62N4O2/c1-4-21-63(22-5-1)66-47-49-67(50-48-66)91-95-94(102-97(99-91)85-43-19-40-81(60-85)77-36-15-31-72(56-77)70-29-12-27-68(53-70)64-23-6-2-7-24-64)88-52-51-83(62-90(88)104-95)79-38-17-35-76(58-79)74-33-14-32-73(55-74)75-34-16-37-78(57-75)82-41-20-44-86(61-82)98-100-92(96-93(101-98)87-45-10-11-46-89(87)103-96)84-42-18-39-80(59-84)71-30-13-28-69(54-71)65-25-8-3-9-26-65/h1-62H. The molecule has 0 aliphatic heterocycles. The summed E-state index contributed by atoms with van der Waals surface area (Å²) >= 11 is 0. The quantitative estimate of drug-likeness (QED) is 0.108. The van der Waals surface area contributed by atoms with E-state index < -0.39 is 0 Å². The predicted molar refractivity (Wildman–Crippen MR) is 428 cm³/mol. The number of benzene rings is 15. The molecule has 6 nitrogen and oxygen atoms in total. The minimum absolute atomic E-state index is 0.620. The van der Waals surface area contributed by atoms with E-state index in [1.165, 1.54) is 16.7 Å². The summed E-state index contributed by atoms with van der Waals surface area (Å²) in [6.07, 6.45) is 0. The Labute approximate surface area is 601 Å². The maximum Gasteiger partial charge on any atom is 0.180 e. The molecular weight excluding hydrogens is 1270 g/mol. The largest absolute Gasteiger partial charge is 0.452 e. The minimum atomic E-state index is 0.620. The van der Waals surface area contributed by atoms with Gasteiger partial charge in [-0.05, 0) is 190 Å². The third kappa shape index (κ3) is 11.8. The lowest BCUT2D eigenvalue weighted by atomic mass is 9.94. The Bertz CT molecular complexity index is 6480. The van der Waals surface area contributed by atoms with Gasteiger partial charge in [-0.1, -0.05) is 297 Å². The summed E-state index contributed by atoms with van der Waals surface area (Å²) in [4.78, 5) is 21.4. The van der Waals surface area contributed by atoms with Crippen LogP contribution in [0.3, 0.4) is 0 Å². The molecule has 0 saturated heterocycles. The van der Waals surface area contributed by atoms with Gasteiger partial charge in [0, 0.05) is 33.0 Å². The van der Waals surface area contributed by atoms with E-state index in [4.69, 9.17) is 28.8 Å². The lowest BCUT2D eigenvalue weighted by Gasteiger charge is -2.11. The molecule has 4 heterocycles. The van der Waals surface area contributed by atoms with Gasteiger partial charge < -0.3 is 8.83 Å². The van der Waals surface area contributed by atoms with Crippen molar-refractivity contribution in [2.75, 3.05) is 0 Å². The number of nitrogens with zero attached hydrogens (tertiary/aromatic N) is 4. The van der Waals surface area contributed by atoms with Gasteiger partial charge in [0.1, 0.15) is 33.6 Å². The van der Waals surface area contributed by atoms with Crippen LogP contribution in [0.25, 0.3) is 201 Å². The third-order valence-corrected chi connectivity index (χ3v) is 19.9. The lowest BCUT2D eigenvalue weighted by Crippen LogP contribution is -1.94. The van der Waals surface area contributed by atoms with Crippen LogP contribution in [0.1, 0.15) is 0 Å². The molecule has 0 amide bonds. The summed E-state index contributed by atoms with van der Waals surface area (Å²) in [5.74, 6) is 1.24. The van der Waals surface area contributed by atoms with Crippen molar-refractivity contribution in [1.82, 2.24) is 19.9 Å². The van der Waals surface area contributed by atoms with Crippen LogP contribution in [0.4, 0.5) is 0 Å². The van der Waals surface area contributed by atoms with E-state index in [9.17, 15) is 0 Å². The van der Waals surface area contributed by atoms with Crippen LogP contribution < -0.4 is 0 Å². The third-order valence-electron chi connectivity index (χ3n) is 19.9. The monoisotopic (exact) mass is 1330 g/mol. The topological polar surface area (TPSA) is 77.8 Å². The molecule has 0 unspecified atom stereocenters. The van der Waals surface area contributed by atoms with Gasteiger partial charge in [0.25, 0.3) is 0 Å². The second kappa shape index (κ2) is 26.3. The predicted octanol–water partition coefficient (Wildman–Crippen LogP) is 26.4. The van der Waals surface area contributed by atoms with Gasteiger partial charge in [-0.3, -0.25) is 0 Å². The van der Waals surface area contributed by atoms with Crippen molar-refractivity contribution in [2.24, 2.45) is 0 Å². The molecule has 15 aromatic carbocycles. The van der Waals surface area contributed by atoms with E-state index in [1.54, 1.807) is 0 Å². The van der Waals surface area contributed by atoms with Crippen LogP contribution in [0.15, 0.2) is 385 Å². The number of rotatable bonds is 14. The normalized spacial score (nSPS) is 11.5. The maximum atomic E-state index is 6.98. The molecule has 486 valence electrons. The van der Waals surface area contributed by atoms with Crippen LogP contribution >= 0.6 is 0 Å². The highest BCUT2D eigenvalue weighted by molar-refractivity contribution is 6.09. The number of aromatic nitrogens is 4. The molecule has 0 N–H and O–H groups in total. The van der Waals surface area contributed by atoms with Crippen LogP contribution in [0.5, 0.6) is 0 Å². The fourth-order valence-corrected chi connectivity index (χ4v) is 14.6. The highest BCUT2D eigenvalue weighted by atomic mass is 16.3. The summed E-state index contributed by atoms with van der Waals surface area (Å²) in [5.41, 5.74) is 31.9. The number of hydrogen-bond acceptors (Lipinski definition) is 6. The van der Waals surface area contributed by atoms with Crippen LogP contribution in [-0.2, 0) is 0 Å². The molecule has 4 aromatic heterocycles. The number of para-hydroxylation sites is 1. The van der Waals surface area contributed by atoms with Crippen molar-refractivity contribution < 1.29 is 8.83 Å². The molecule has 19 rings (SSSR count). The van der Waals surface area contributed by atoms with Gasteiger partial charge in [0.05, 0.1) is 0 Å². The molecule has 0 aliphatic rings. The average Bonchev–Trinajstić information content (AvgIpc) is 1.58. The van der Waals surface area contributed by atoms with Crippen molar-refractivity contribution in [3.8, 4) is 157 Å². The van der Waals surface area contributed by atoms with Crippen molar-refractivity contribution >= 4 is 44.1 Å². The zero-order valence-corrected chi connectivity index (χ0v) is 56.4. The van der Waals surface area contributed by atoms with E-state index in [1.807, 2.05) is 24.3 Å². The van der Waals surface area contributed by atoms with Crippen molar-refractivity contribution in [3.05, 3.63) is 376 Å². The van der Waals surface area contributed by atoms with E-state index in [-0.39, 0.29) is 0 Å². The maximum absolute atomic E-state index is 6.98. The van der Waals surface area contributed by atoms with Gasteiger partial charge in [0.15, 0.2) is 22.8 Å². The molecule has 0 saturated carbocycles. The van der Waals surface area contributed by atoms with Gasteiger partial charge >= 0.3 is 0 Å². The summed E-state index contributed by atoms with van der Waals surface area (Å²) in [6, 6.07) is 133. The number of fused-ring (bicyclic) bond motifs is 6. The molecule has 0 aliphatic carbocycles. The molecule has 19 aromatic rings. The van der Waals surface area contributed by atoms with Crippen LogP contribution in [0.2, 0.25) is 0 Å². The smallest absolute Gasteiger partial charge is 0.180 e. The summed E-state index contributed by atoms with van der Waals surface area (Å²) < 4.78 is 13.6. The molecule has 0 spiro atoms. The second-order valence-electron chi connectivity index (χ2n) is 26.5. The van der Waals surface area contributed by atoms with Gasteiger partial charge in [0.2, 0.25) is 0 Å². The SMILES string of the molecule is c1ccc(-c2ccc(-c3nc(-c4cccc(-c5cccc(-c6cccc(-c7ccccc7)c6)c5)c4)nc4c3oc3cc(-c5cccc(-c6cccc(-c7cccc(-c8cccc(-c9nc(-c%10cccc(-c%11cccc(-c%12ccccc%12)c%11)c%10)c%10oc%11ccccc%11c%10n9)c8)c7)c6)c5)ccc34)cc2)cc1.